The van der Waals surface area contributed by atoms with Crippen molar-refractivity contribution in [2.24, 2.45) is 11.7 Å². The first kappa shape index (κ1) is 16.0. The molecule has 0 spiro atoms. The zero-order valence-corrected chi connectivity index (χ0v) is 13.1. The number of benzene rings is 1. The first-order valence-electron chi connectivity index (χ1n) is 7.19. The molecular weight excluding hydrogens is 282 g/mol. The maximum atomic E-state index is 6.09. The molecule has 2 aromatic rings. The van der Waals surface area contributed by atoms with Gasteiger partial charge in [-0.05, 0) is 34.7 Å². The van der Waals surface area contributed by atoms with Gasteiger partial charge in [-0.25, -0.2) is 0 Å². The fourth-order valence-corrected chi connectivity index (χ4v) is 2.87. The maximum Gasteiger partial charge on any atom is 0.0346 e. The second kappa shape index (κ2) is 7.03. The Bertz CT molecular complexity index is 563. The van der Waals surface area contributed by atoms with Crippen LogP contribution >= 0.6 is 12.4 Å². The average Bonchev–Trinajstić information content (AvgIpc) is 2.78. The molecule has 21 heavy (non-hydrogen) atoms. The number of rotatable bonds is 3. The highest BCUT2D eigenvalue weighted by molar-refractivity contribution is 5.85. The molecule has 1 fully saturated rings. The summed E-state index contributed by atoms with van der Waals surface area (Å²) in [4.78, 5) is 6.63. The molecule has 2 atom stereocenters. The van der Waals surface area contributed by atoms with E-state index >= 15 is 0 Å². The Balaban J connectivity index is 0.00000161. The van der Waals surface area contributed by atoms with Crippen LogP contribution in [0.4, 0.5) is 0 Å². The SMILES string of the molecule is CC1CN(Cc2cccc(-c3cccnc3)c2)CC1N.Cl. The van der Waals surface area contributed by atoms with Gasteiger partial charge in [-0.1, -0.05) is 31.2 Å². The second-order valence-corrected chi connectivity index (χ2v) is 5.78. The van der Waals surface area contributed by atoms with Crippen LogP contribution in [-0.4, -0.2) is 29.0 Å². The van der Waals surface area contributed by atoms with Gasteiger partial charge in [0.2, 0.25) is 0 Å². The van der Waals surface area contributed by atoms with Crippen LogP contribution < -0.4 is 5.73 Å². The van der Waals surface area contributed by atoms with Crippen molar-refractivity contribution in [1.29, 1.82) is 0 Å². The van der Waals surface area contributed by atoms with Gasteiger partial charge in [0.25, 0.3) is 0 Å². The third kappa shape index (κ3) is 3.82. The molecule has 112 valence electrons. The molecule has 0 amide bonds. The van der Waals surface area contributed by atoms with Crippen LogP contribution in [0.15, 0.2) is 48.8 Å². The van der Waals surface area contributed by atoms with Gasteiger partial charge in [0, 0.05) is 38.1 Å². The molecule has 3 rings (SSSR count). The topological polar surface area (TPSA) is 42.2 Å². The molecule has 0 saturated carbocycles. The van der Waals surface area contributed by atoms with Crippen LogP contribution in [0.2, 0.25) is 0 Å². The van der Waals surface area contributed by atoms with E-state index in [1.807, 2.05) is 12.3 Å². The fraction of sp³-hybridized carbons (Fsp3) is 0.353. The van der Waals surface area contributed by atoms with Gasteiger partial charge in [0.1, 0.15) is 0 Å². The Morgan fingerprint density at radius 3 is 2.67 bits per heavy atom. The number of hydrogen-bond donors (Lipinski definition) is 1. The van der Waals surface area contributed by atoms with E-state index in [1.165, 1.54) is 16.7 Å². The van der Waals surface area contributed by atoms with Crippen molar-refractivity contribution in [2.45, 2.75) is 19.5 Å². The van der Waals surface area contributed by atoms with E-state index in [4.69, 9.17) is 5.73 Å². The molecule has 1 aliphatic rings. The van der Waals surface area contributed by atoms with Crippen LogP contribution in [0.25, 0.3) is 11.1 Å². The molecule has 1 saturated heterocycles. The number of nitrogens with zero attached hydrogens (tertiary/aromatic N) is 2. The number of halogens is 1. The Hall–Kier alpha value is -1.42. The number of hydrogen-bond acceptors (Lipinski definition) is 3. The van der Waals surface area contributed by atoms with Gasteiger partial charge in [-0.15, -0.1) is 12.4 Å². The third-order valence-electron chi connectivity index (χ3n) is 4.07. The zero-order valence-electron chi connectivity index (χ0n) is 12.3. The summed E-state index contributed by atoms with van der Waals surface area (Å²) in [5, 5.41) is 0. The normalized spacial score (nSPS) is 22.0. The van der Waals surface area contributed by atoms with Crippen LogP contribution in [0.5, 0.6) is 0 Å². The molecule has 1 aromatic carbocycles. The van der Waals surface area contributed by atoms with Crippen LogP contribution in [0, 0.1) is 5.92 Å². The van der Waals surface area contributed by atoms with Crippen LogP contribution in [0.3, 0.4) is 0 Å². The molecule has 0 radical (unpaired) electrons. The van der Waals surface area contributed by atoms with Gasteiger partial charge in [-0.2, -0.15) is 0 Å². The summed E-state index contributed by atoms with van der Waals surface area (Å²) in [6, 6.07) is 13.1. The zero-order chi connectivity index (χ0) is 13.9. The predicted octanol–water partition coefficient (Wildman–Crippen LogP) is 2.95. The van der Waals surface area contributed by atoms with E-state index in [0.717, 1.165) is 19.6 Å². The van der Waals surface area contributed by atoms with E-state index in [1.54, 1.807) is 6.20 Å². The summed E-state index contributed by atoms with van der Waals surface area (Å²) in [6.07, 6.45) is 3.72. The summed E-state index contributed by atoms with van der Waals surface area (Å²) in [6.45, 7) is 5.31. The smallest absolute Gasteiger partial charge is 0.0346 e. The molecule has 3 nitrogen and oxygen atoms in total. The van der Waals surface area contributed by atoms with E-state index in [9.17, 15) is 0 Å². The van der Waals surface area contributed by atoms with Crippen LogP contribution in [-0.2, 0) is 6.54 Å². The summed E-state index contributed by atoms with van der Waals surface area (Å²) in [5.41, 5.74) is 9.83. The minimum Gasteiger partial charge on any atom is -0.326 e. The highest BCUT2D eigenvalue weighted by Gasteiger charge is 2.26. The summed E-state index contributed by atoms with van der Waals surface area (Å²) in [7, 11) is 0. The molecule has 1 aliphatic heterocycles. The van der Waals surface area contributed by atoms with Gasteiger partial charge in [-0.3, -0.25) is 9.88 Å². The summed E-state index contributed by atoms with van der Waals surface area (Å²) < 4.78 is 0. The van der Waals surface area contributed by atoms with Gasteiger partial charge in [0.05, 0.1) is 0 Å². The van der Waals surface area contributed by atoms with Gasteiger partial charge >= 0.3 is 0 Å². The lowest BCUT2D eigenvalue weighted by Gasteiger charge is -2.16. The lowest BCUT2D eigenvalue weighted by molar-refractivity contribution is 0.319. The fourth-order valence-electron chi connectivity index (χ4n) is 2.87. The first-order chi connectivity index (χ1) is 9.72. The van der Waals surface area contributed by atoms with Crippen molar-refractivity contribution in [3.63, 3.8) is 0 Å². The highest BCUT2D eigenvalue weighted by Crippen LogP contribution is 2.22. The van der Waals surface area contributed by atoms with Crippen molar-refractivity contribution in [3.05, 3.63) is 54.4 Å². The monoisotopic (exact) mass is 303 g/mol. The Morgan fingerprint density at radius 1 is 1.19 bits per heavy atom. The summed E-state index contributed by atoms with van der Waals surface area (Å²) in [5.74, 6) is 0.594. The molecule has 2 N–H and O–H groups in total. The van der Waals surface area contributed by atoms with E-state index in [2.05, 4.69) is 47.1 Å². The average molecular weight is 304 g/mol. The van der Waals surface area contributed by atoms with Crippen LogP contribution in [0.1, 0.15) is 12.5 Å². The van der Waals surface area contributed by atoms with Crippen molar-refractivity contribution in [1.82, 2.24) is 9.88 Å². The Kier molecular flexibility index (Phi) is 5.34. The molecule has 0 aliphatic carbocycles. The number of pyridine rings is 1. The summed E-state index contributed by atoms with van der Waals surface area (Å²) >= 11 is 0. The van der Waals surface area contributed by atoms with E-state index in [0.29, 0.717) is 12.0 Å². The second-order valence-electron chi connectivity index (χ2n) is 5.78. The number of nitrogens with two attached hydrogens (primary N) is 1. The lowest BCUT2D eigenvalue weighted by atomic mass is 10.0. The van der Waals surface area contributed by atoms with E-state index < -0.39 is 0 Å². The highest BCUT2D eigenvalue weighted by atomic mass is 35.5. The first-order valence-corrected chi connectivity index (χ1v) is 7.19. The Labute approximate surface area is 132 Å². The Morgan fingerprint density at radius 2 is 2.00 bits per heavy atom. The lowest BCUT2D eigenvalue weighted by Crippen LogP contribution is -2.28. The number of aromatic nitrogens is 1. The molecular formula is C17H22ClN3. The van der Waals surface area contributed by atoms with Crippen molar-refractivity contribution in [2.75, 3.05) is 13.1 Å². The number of likely N-dealkylation sites (tertiary alicyclic amines) is 1. The predicted molar refractivity (Wildman–Crippen MR) is 89.3 cm³/mol. The third-order valence-corrected chi connectivity index (χ3v) is 4.07. The van der Waals surface area contributed by atoms with Crippen molar-refractivity contribution in [3.8, 4) is 11.1 Å². The quantitative estimate of drug-likeness (QED) is 0.948. The van der Waals surface area contributed by atoms with E-state index in [-0.39, 0.29) is 12.4 Å². The standard InChI is InChI=1S/C17H21N3.ClH/c1-13-10-20(12-17(13)18)11-14-4-2-5-15(8-14)16-6-3-7-19-9-16;/h2-9,13,17H,10-12,18H2,1H3;1H. The molecule has 0 bridgehead atoms. The van der Waals surface area contributed by atoms with Gasteiger partial charge in [0.15, 0.2) is 0 Å². The molecule has 4 heteroatoms. The molecule has 2 unspecified atom stereocenters. The largest absolute Gasteiger partial charge is 0.326 e. The minimum atomic E-state index is 0. The maximum absolute atomic E-state index is 6.09. The van der Waals surface area contributed by atoms with Crippen molar-refractivity contribution < 1.29 is 0 Å². The molecule has 1 aromatic heterocycles. The molecule has 2 heterocycles. The van der Waals surface area contributed by atoms with Gasteiger partial charge < -0.3 is 5.73 Å². The minimum absolute atomic E-state index is 0. The van der Waals surface area contributed by atoms with Crippen molar-refractivity contribution >= 4 is 12.4 Å².